The standard InChI is InChI=1S/C20H24N6O/c1-13-6-5-8-26-15(11-21-19(13)26)10-18(27)25-9-7-16-17(12-25)22-14(2)23-20(16)24(3)4/h5-6,8,11H,7,9-10,12H2,1-4H3. The van der Waals surface area contributed by atoms with Crippen molar-refractivity contribution in [2.24, 2.45) is 0 Å². The summed E-state index contributed by atoms with van der Waals surface area (Å²) < 4.78 is 2.00. The molecule has 0 saturated heterocycles. The number of imidazole rings is 1. The van der Waals surface area contributed by atoms with Gasteiger partial charge in [0, 0.05) is 38.6 Å². The van der Waals surface area contributed by atoms with Gasteiger partial charge in [0.25, 0.3) is 0 Å². The van der Waals surface area contributed by atoms with E-state index < -0.39 is 0 Å². The van der Waals surface area contributed by atoms with Crippen LogP contribution in [-0.4, -0.2) is 50.8 Å². The lowest BCUT2D eigenvalue weighted by atomic mass is 10.0. The summed E-state index contributed by atoms with van der Waals surface area (Å²) in [4.78, 5) is 30.5. The van der Waals surface area contributed by atoms with E-state index in [2.05, 4.69) is 15.0 Å². The van der Waals surface area contributed by atoms with Gasteiger partial charge in [-0.05, 0) is 31.9 Å². The molecule has 0 aromatic carbocycles. The minimum absolute atomic E-state index is 0.103. The van der Waals surface area contributed by atoms with Crippen LogP contribution >= 0.6 is 0 Å². The number of aromatic nitrogens is 4. The van der Waals surface area contributed by atoms with Gasteiger partial charge in [0.05, 0.1) is 24.4 Å². The van der Waals surface area contributed by atoms with Crippen LogP contribution in [0.2, 0.25) is 0 Å². The molecule has 0 N–H and O–H groups in total. The van der Waals surface area contributed by atoms with E-state index in [1.165, 1.54) is 0 Å². The van der Waals surface area contributed by atoms with Gasteiger partial charge in [-0.1, -0.05) is 6.07 Å². The minimum Gasteiger partial charge on any atom is -0.362 e. The van der Waals surface area contributed by atoms with Gasteiger partial charge in [-0.15, -0.1) is 0 Å². The first kappa shape index (κ1) is 17.5. The maximum Gasteiger partial charge on any atom is 0.228 e. The van der Waals surface area contributed by atoms with Crippen molar-refractivity contribution >= 4 is 17.4 Å². The van der Waals surface area contributed by atoms with Gasteiger partial charge >= 0.3 is 0 Å². The number of fused-ring (bicyclic) bond motifs is 2. The Morgan fingerprint density at radius 2 is 2.07 bits per heavy atom. The molecule has 0 atom stereocenters. The summed E-state index contributed by atoms with van der Waals surface area (Å²) in [5.74, 6) is 1.80. The number of rotatable bonds is 3. The first-order valence-electron chi connectivity index (χ1n) is 9.17. The fourth-order valence-electron chi connectivity index (χ4n) is 3.71. The molecule has 7 nitrogen and oxygen atoms in total. The van der Waals surface area contributed by atoms with Crippen molar-refractivity contribution in [3.63, 3.8) is 0 Å². The summed E-state index contributed by atoms with van der Waals surface area (Å²) in [5, 5.41) is 0. The predicted molar refractivity (Wildman–Crippen MR) is 104 cm³/mol. The average Bonchev–Trinajstić information content (AvgIpc) is 3.04. The SMILES string of the molecule is Cc1nc2c(c(N(C)C)n1)CCN(C(=O)Cc1cnc3c(C)cccn13)C2. The van der Waals surface area contributed by atoms with E-state index in [4.69, 9.17) is 0 Å². The number of amides is 1. The smallest absolute Gasteiger partial charge is 0.228 e. The van der Waals surface area contributed by atoms with E-state index in [0.29, 0.717) is 19.5 Å². The van der Waals surface area contributed by atoms with Crippen LogP contribution < -0.4 is 4.90 Å². The zero-order valence-electron chi connectivity index (χ0n) is 16.2. The average molecular weight is 364 g/mol. The van der Waals surface area contributed by atoms with Crippen LogP contribution in [0.1, 0.15) is 28.3 Å². The molecule has 0 fully saturated rings. The molecule has 0 unspecified atom stereocenters. The molecule has 3 aromatic rings. The zero-order valence-corrected chi connectivity index (χ0v) is 16.2. The van der Waals surface area contributed by atoms with E-state index >= 15 is 0 Å². The number of anilines is 1. The highest BCUT2D eigenvalue weighted by Gasteiger charge is 2.26. The van der Waals surface area contributed by atoms with Crippen molar-refractivity contribution in [3.8, 4) is 0 Å². The van der Waals surface area contributed by atoms with Crippen LogP contribution in [0.4, 0.5) is 5.82 Å². The number of aryl methyl sites for hydroxylation is 2. The number of hydrogen-bond acceptors (Lipinski definition) is 5. The van der Waals surface area contributed by atoms with Crippen molar-refractivity contribution < 1.29 is 4.79 Å². The molecule has 3 aromatic heterocycles. The Bertz CT molecular complexity index is 1020. The van der Waals surface area contributed by atoms with Crippen LogP contribution in [0.25, 0.3) is 5.65 Å². The van der Waals surface area contributed by atoms with Crippen LogP contribution in [-0.2, 0) is 24.2 Å². The third kappa shape index (κ3) is 3.13. The maximum absolute atomic E-state index is 12.9. The second-order valence-electron chi connectivity index (χ2n) is 7.29. The van der Waals surface area contributed by atoms with Crippen molar-refractivity contribution in [1.29, 1.82) is 0 Å². The monoisotopic (exact) mass is 364 g/mol. The summed E-state index contributed by atoms with van der Waals surface area (Å²) in [5.41, 5.74) is 5.03. The fraction of sp³-hybridized carbons (Fsp3) is 0.400. The Kier molecular flexibility index (Phi) is 4.30. The first-order chi connectivity index (χ1) is 12.9. The summed E-state index contributed by atoms with van der Waals surface area (Å²) in [6.07, 6.45) is 4.88. The van der Waals surface area contributed by atoms with Gasteiger partial charge in [0.1, 0.15) is 17.3 Å². The lowest BCUT2D eigenvalue weighted by Gasteiger charge is -2.30. The van der Waals surface area contributed by atoms with Crippen molar-refractivity contribution in [2.75, 3.05) is 25.5 Å². The Morgan fingerprint density at radius 3 is 2.85 bits per heavy atom. The Labute approximate surface area is 158 Å². The molecule has 0 bridgehead atoms. The molecule has 0 aliphatic carbocycles. The van der Waals surface area contributed by atoms with Gasteiger partial charge in [-0.2, -0.15) is 0 Å². The van der Waals surface area contributed by atoms with E-state index in [1.54, 1.807) is 6.20 Å². The molecule has 4 rings (SSSR count). The fourth-order valence-corrected chi connectivity index (χ4v) is 3.71. The molecule has 140 valence electrons. The molecule has 4 heterocycles. The van der Waals surface area contributed by atoms with Crippen LogP contribution in [0.3, 0.4) is 0 Å². The van der Waals surface area contributed by atoms with E-state index in [1.807, 2.05) is 60.5 Å². The van der Waals surface area contributed by atoms with E-state index in [-0.39, 0.29) is 5.91 Å². The number of nitrogens with zero attached hydrogens (tertiary/aromatic N) is 6. The summed E-state index contributed by atoms with van der Waals surface area (Å²) in [6.45, 7) is 5.15. The van der Waals surface area contributed by atoms with Gasteiger partial charge in [0.2, 0.25) is 5.91 Å². The number of hydrogen-bond donors (Lipinski definition) is 0. The molecular formula is C20H24N6O. The molecule has 1 amide bonds. The summed E-state index contributed by atoms with van der Waals surface area (Å²) >= 11 is 0. The largest absolute Gasteiger partial charge is 0.362 e. The summed E-state index contributed by atoms with van der Waals surface area (Å²) in [7, 11) is 3.98. The molecular weight excluding hydrogens is 340 g/mol. The molecule has 0 spiro atoms. The van der Waals surface area contributed by atoms with Crippen LogP contribution in [0.15, 0.2) is 24.5 Å². The highest BCUT2D eigenvalue weighted by molar-refractivity contribution is 5.79. The van der Waals surface area contributed by atoms with Crippen molar-refractivity contribution in [3.05, 3.63) is 52.9 Å². The molecule has 0 radical (unpaired) electrons. The molecule has 0 saturated carbocycles. The third-order valence-electron chi connectivity index (χ3n) is 5.07. The summed E-state index contributed by atoms with van der Waals surface area (Å²) in [6, 6.07) is 4.01. The van der Waals surface area contributed by atoms with Gasteiger partial charge < -0.3 is 14.2 Å². The van der Waals surface area contributed by atoms with E-state index in [9.17, 15) is 4.79 Å². The molecule has 1 aliphatic rings. The highest BCUT2D eigenvalue weighted by atomic mass is 16.2. The Morgan fingerprint density at radius 1 is 1.26 bits per heavy atom. The van der Waals surface area contributed by atoms with Crippen molar-refractivity contribution in [2.45, 2.75) is 33.2 Å². The predicted octanol–water partition coefficient (Wildman–Crippen LogP) is 1.93. The highest BCUT2D eigenvalue weighted by Crippen LogP contribution is 2.25. The topological polar surface area (TPSA) is 66.6 Å². The third-order valence-corrected chi connectivity index (χ3v) is 5.07. The van der Waals surface area contributed by atoms with Crippen LogP contribution in [0, 0.1) is 13.8 Å². The minimum atomic E-state index is 0.103. The van der Waals surface area contributed by atoms with E-state index in [0.717, 1.165) is 46.2 Å². The number of carbonyl (C=O) groups excluding carboxylic acids is 1. The Hall–Kier alpha value is -2.96. The maximum atomic E-state index is 12.9. The lowest BCUT2D eigenvalue weighted by molar-refractivity contribution is -0.131. The van der Waals surface area contributed by atoms with Gasteiger partial charge in [-0.25, -0.2) is 15.0 Å². The van der Waals surface area contributed by atoms with Gasteiger partial charge in [0.15, 0.2) is 0 Å². The second-order valence-corrected chi connectivity index (χ2v) is 7.29. The first-order valence-corrected chi connectivity index (χ1v) is 9.17. The van der Waals surface area contributed by atoms with Crippen molar-refractivity contribution in [1.82, 2.24) is 24.3 Å². The molecule has 27 heavy (non-hydrogen) atoms. The zero-order chi connectivity index (χ0) is 19.1. The van der Waals surface area contributed by atoms with Gasteiger partial charge in [-0.3, -0.25) is 4.79 Å². The normalized spacial score (nSPS) is 13.7. The second kappa shape index (κ2) is 6.64. The lowest BCUT2D eigenvalue weighted by Crippen LogP contribution is -2.38. The number of pyridine rings is 1. The van der Waals surface area contributed by atoms with Crippen LogP contribution in [0.5, 0.6) is 0 Å². The number of carbonyl (C=O) groups is 1. The quantitative estimate of drug-likeness (QED) is 0.710. The molecule has 7 heteroatoms. The molecule has 1 aliphatic heterocycles. The Balaban J connectivity index is 1.57.